The number of rotatable bonds is 2. The molecule has 1 aliphatic carbocycles. The smallest absolute Gasteiger partial charge is 0.270 e. The molecule has 3 heterocycles. The first-order chi connectivity index (χ1) is 13.1. The van der Waals surface area contributed by atoms with Crippen molar-refractivity contribution in [2.45, 2.75) is 46.1 Å². The van der Waals surface area contributed by atoms with E-state index in [-0.39, 0.29) is 34.7 Å². The molecule has 1 atom stereocenters. The monoisotopic (exact) mass is 407 g/mol. The molecule has 2 fully saturated rings. The number of hydrogen-bond acceptors (Lipinski definition) is 5. The Bertz CT molecular complexity index is 923. The van der Waals surface area contributed by atoms with Crippen LogP contribution in [0, 0.1) is 12.3 Å². The molecule has 2 saturated heterocycles. The predicted octanol–water partition coefficient (Wildman–Crippen LogP) is 1.42. The fourth-order valence-corrected chi connectivity index (χ4v) is 6.72. The maximum absolute atomic E-state index is 13.1. The number of nitrogens with zero attached hydrogens (tertiary/aromatic N) is 2. The molecule has 1 amide bonds. The van der Waals surface area contributed by atoms with E-state index in [4.69, 9.17) is 0 Å². The second kappa shape index (κ2) is 6.69. The zero-order chi connectivity index (χ0) is 20.3. The van der Waals surface area contributed by atoms with Crippen LogP contribution in [0.1, 0.15) is 58.8 Å². The van der Waals surface area contributed by atoms with Crippen LogP contribution in [0.15, 0.2) is 0 Å². The summed E-state index contributed by atoms with van der Waals surface area (Å²) in [5.41, 5.74) is 2.81. The molecule has 28 heavy (non-hydrogen) atoms. The Morgan fingerprint density at radius 3 is 2.43 bits per heavy atom. The third-order valence-corrected chi connectivity index (χ3v) is 8.19. The van der Waals surface area contributed by atoms with Crippen molar-refractivity contribution < 1.29 is 18.0 Å². The summed E-state index contributed by atoms with van der Waals surface area (Å²) < 4.78 is 23.4. The standard InChI is InChI=1S/C20H29N3O4S/c1-13-17-15(10-20(2,3)11-16(17)24)21-18(13)19(25)23-7-5-22(6-8-23)14-4-9-28(26,27)12-14/h14,21H,4-12H2,1-3H3. The largest absolute Gasteiger partial charge is 0.354 e. The van der Waals surface area contributed by atoms with Gasteiger partial charge in [0.05, 0.1) is 11.5 Å². The maximum atomic E-state index is 13.1. The van der Waals surface area contributed by atoms with Gasteiger partial charge in [-0.15, -0.1) is 0 Å². The van der Waals surface area contributed by atoms with Gasteiger partial charge in [-0.3, -0.25) is 14.5 Å². The molecular formula is C20H29N3O4S. The third-order valence-electron chi connectivity index (χ3n) is 6.44. The zero-order valence-corrected chi connectivity index (χ0v) is 17.7. The van der Waals surface area contributed by atoms with E-state index in [0.717, 1.165) is 17.7 Å². The van der Waals surface area contributed by atoms with Gasteiger partial charge in [0.2, 0.25) is 0 Å². The summed E-state index contributed by atoms with van der Waals surface area (Å²) in [5.74, 6) is 0.568. The van der Waals surface area contributed by atoms with Crippen LogP contribution in [0.2, 0.25) is 0 Å². The molecular weight excluding hydrogens is 378 g/mol. The molecule has 0 bridgehead atoms. The number of hydrogen-bond donors (Lipinski definition) is 1. The van der Waals surface area contributed by atoms with Gasteiger partial charge >= 0.3 is 0 Å². The highest BCUT2D eigenvalue weighted by Gasteiger charge is 2.37. The van der Waals surface area contributed by atoms with Crippen LogP contribution in [0.25, 0.3) is 0 Å². The summed E-state index contributed by atoms with van der Waals surface area (Å²) in [7, 11) is -2.90. The lowest BCUT2D eigenvalue weighted by Gasteiger charge is -2.37. The SMILES string of the molecule is Cc1c(C(=O)N2CCN(C3CCS(=O)(=O)C3)CC2)[nH]c2c1C(=O)CC(C)(C)C2. The van der Waals surface area contributed by atoms with Crippen LogP contribution in [0.3, 0.4) is 0 Å². The zero-order valence-electron chi connectivity index (χ0n) is 16.9. The summed E-state index contributed by atoms with van der Waals surface area (Å²) in [4.78, 5) is 33.0. The van der Waals surface area contributed by atoms with Crippen LogP contribution >= 0.6 is 0 Å². The maximum Gasteiger partial charge on any atom is 0.270 e. The second-order valence-electron chi connectivity index (χ2n) is 9.30. The minimum Gasteiger partial charge on any atom is -0.354 e. The molecule has 7 nitrogen and oxygen atoms in total. The number of nitrogens with one attached hydrogen (secondary N) is 1. The van der Waals surface area contributed by atoms with Crippen molar-refractivity contribution >= 4 is 21.5 Å². The molecule has 1 aromatic heterocycles. The normalized spacial score (nSPS) is 27.0. The fourth-order valence-electron chi connectivity index (χ4n) is 4.96. The molecule has 1 N–H and O–H groups in total. The van der Waals surface area contributed by atoms with Crippen molar-refractivity contribution in [1.82, 2.24) is 14.8 Å². The number of aromatic nitrogens is 1. The van der Waals surface area contributed by atoms with Gasteiger partial charge < -0.3 is 9.88 Å². The summed E-state index contributed by atoms with van der Waals surface area (Å²) in [6.45, 7) is 8.56. The number of Topliss-reactive ketones (excluding diaryl/α,β-unsaturated/α-hetero) is 1. The molecule has 4 rings (SSSR count). The molecule has 1 aromatic rings. The first-order valence-corrected chi connectivity index (χ1v) is 11.9. The highest BCUT2D eigenvalue weighted by Crippen LogP contribution is 2.37. The minimum absolute atomic E-state index is 0.0591. The van der Waals surface area contributed by atoms with Gasteiger partial charge in [0.1, 0.15) is 5.69 Å². The van der Waals surface area contributed by atoms with Crippen LogP contribution in [0.5, 0.6) is 0 Å². The molecule has 0 radical (unpaired) electrons. The Kier molecular flexibility index (Phi) is 4.69. The highest BCUT2D eigenvalue weighted by atomic mass is 32.2. The van der Waals surface area contributed by atoms with Crippen molar-refractivity contribution in [1.29, 1.82) is 0 Å². The average molecular weight is 408 g/mol. The van der Waals surface area contributed by atoms with E-state index in [9.17, 15) is 18.0 Å². The Balaban J connectivity index is 1.46. The Labute approximate surface area is 166 Å². The van der Waals surface area contributed by atoms with Crippen molar-refractivity contribution in [3.63, 3.8) is 0 Å². The number of fused-ring (bicyclic) bond motifs is 1. The number of amides is 1. The first kappa shape index (κ1) is 19.6. The van der Waals surface area contributed by atoms with Gasteiger partial charge in [0.15, 0.2) is 15.6 Å². The summed E-state index contributed by atoms with van der Waals surface area (Å²) in [6.07, 6.45) is 1.97. The Morgan fingerprint density at radius 1 is 1.14 bits per heavy atom. The quantitative estimate of drug-likeness (QED) is 0.801. The van der Waals surface area contributed by atoms with Crippen molar-refractivity contribution in [2.24, 2.45) is 5.41 Å². The molecule has 154 valence electrons. The number of carbonyl (C=O) groups excluding carboxylic acids is 2. The lowest BCUT2D eigenvalue weighted by atomic mass is 9.75. The van der Waals surface area contributed by atoms with Gasteiger partial charge in [0, 0.05) is 49.9 Å². The van der Waals surface area contributed by atoms with E-state index in [2.05, 4.69) is 23.7 Å². The number of H-pyrrole nitrogens is 1. The van der Waals surface area contributed by atoms with Gasteiger partial charge in [-0.1, -0.05) is 13.8 Å². The van der Waals surface area contributed by atoms with Gasteiger partial charge in [-0.2, -0.15) is 0 Å². The second-order valence-corrected chi connectivity index (χ2v) is 11.5. The van der Waals surface area contributed by atoms with Crippen LogP contribution in [-0.4, -0.2) is 78.6 Å². The molecule has 0 saturated carbocycles. The van der Waals surface area contributed by atoms with Crippen molar-refractivity contribution in [3.05, 3.63) is 22.5 Å². The summed E-state index contributed by atoms with van der Waals surface area (Å²) in [5, 5.41) is 0. The van der Waals surface area contributed by atoms with Crippen molar-refractivity contribution in [2.75, 3.05) is 37.7 Å². The topological polar surface area (TPSA) is 90.6 Å². The first-order valence-electron chi connectivity index (χ1n) is 10.0. The summed E-state index contributed by atoms with van der Waals surface area (Å²) in [6, 6.07) is 0.0849. The minimum atomic E-state index is -2.90. The van der Waals surface area contributed by atoms with E-state index >= 15 is 0 Å². The van der Waals surface area contributed by atoms with E-state index in [1.807, 2.05) is 11.8 Å². The van der Waals surface area contributed by atoms with Crippen LogP contribution < -0.4 is 0 Å². The highest BCUT2D eigenvalue weighted by molar-refractivity contribution is 7.91. The number of piperazine rings is 1. The van der Waals surface area contributed by atoms with E-state index < -0.39 is 9.84 Å². The van der Waals surface area contributed by atoms with E-state index in [1.54, 1.807) is 0 Å². The molecule has 1 unspecified atom stereocenters. The Morgan fingerprint density at radius 2 is 1.82 bits per heavy atom. The summed E-state index contributed by atoms with van der Waals surface area (Å²) >= 11 is 0. The fraction of sp³-hybridized carbons (Fsp3) is 0.700. The van der Waals surface area contributed by atoms with Crippen LogP contribution in [-0.2, 0) is 16.3 Å². The van der Waals surface area contributed by atoms with Crippen LogP contribution in [0.4, 0.5) is 0 Å². The van der Waals surface area contributed by atoms with Crippen molar-refractivity contribution in [3.8, 4) is 0 Å². The van der Waals surface area contributed by atoms with E-state index in [0.29, 0.717) is 50.3 Å². The molecule has 8 heteroatoms. The molecule has 0 aromatic carbocycles. The Hall–Kier alpha value is -1.67. The molecule has 2 aliphatic heterocycles. The predicted molar refractivity (Wildman–Crippen MR) is 106 cm³/mol. The van der Waals surface area contributed by atoms with Gasteiger partial charge in [-0.25, -0.2) is 8.42 Å². The van der Waals surface area contributed by atoms with Gasteiger partial charge in [0.25, 0.3) is 5.91 Å². The third kappa shape index (κ3) is 3.52. The van der Waals surface area contributed by atoms with E-state index in [1.165, 1.54) is 0 Å². The lowest BCUT2D eigenvalue weighted by molar-refractivity contribution is 0.0582. The number of aromatic amines is 1. The number of carbonyl (C=O) groups is 2. The lowest BCUT2D eigenvalue weighted by Crippen LogP contribution is -2.52. The van der Waals surface area contributed by atoms with Gasteiger partial charge in [-0.05, 0) is 30.7 Å². The number of ketones is 1. The molecule has 0 spiro atoms. The molecule has 3 aliphatic rings. The number of sulfone groups is 1. The average Bonchev–Trinajstić information content (AvgIpc) is 3.13.